The summed E-state index contributed by atoms with van der Waals surface area (Å²) in [5.74, 6) is -0.589. The van der Waals surface area contributed by atoms with Crippen LogP contribution in [0.25, 0.3) is 11.0 Å². The Hall–Kier alpha value is -4.03. The van der Waals surface area contributed by atoms with Gasteiger partial charge >= 0.3 is 0 Å². The van der Waals surface area contributed by atoms with Crippen LogP contribution in [0.5, 0.6) is 0 Å². The summed E-state index contributed by atoms with van der Waals surface area (Å²) in [6.45, 7) is -0.217. The molecule has 1 aliphatic carbocycles. The molecular formula is C26H28N6O5S. The number of nitrogens with zero attached hydrogens (tertiary/aromatic N) is 4. The van der Waals surface area contributed by atoms with Gasteiger partial charge in [0.1, 0.15) is 17.8 Å². The number of hydrogen-bond acceptors (Lipinski definition) is 7. The summed E-state index contributed by atoms with van der Waals surface area (Å²) in [6.07, 6.45) is 6.33. The Morgan fingerprint density at radius 1 is 1.05 bits per heavy atom. The Bertz CT molecular complexity index is 1530. The number of carbonyl (C=O) groups excluding carboxylic acids is 2. The number of fused-ring (bicyclic) bond motifs is 1. The second kappa shape index (κ2) is 10.8. The average molecular weight is 537 g/mol. The zero-order chi connectivity index (χ0) is 26.7. The van der Waals surface area contributed by atoms with Gasteiger partial charge in [0, 0.05) is 11.7 Å². The number of carbonyl (C=O) groups is 2. The molecule has 1 atom stereocenters. The molecule has 1 aliphatic rings. The number of rotatable bonds is 8. The molecular weight excluding hydrogens is 508 g/mol. The number of nitrogens with one attached hydrogen (secondary N) is 1. The lowest BCUT2D eigenvalue weighted by atomic mass is 9.95. The molecule has 0 spiro atoms. The summed E-state index contributed by atoms with van der Waals surface area (Å²) >= 11 is 0. The first-order chi connectivity index (χ1) is 18.3. The van der Waals surface area contributed by atoms with Gasteiger partial charge in [0.25, 0.3) is 5.91 Å². The molecule has 198 valence electrons. The minimum Gasteiger partial charge on any atom is -0.467 e. The van der Waals surface area contributed by atoms with Crippen molar-refractivity contribution in [3.8, 4) is 0 Å². The van der Waals surface area contributed by atoms with Gasteiger partial charge in [0.15, 0.2) is 6.04 Å². The first-order valence-electron chi connectivity index (χ1n) is 12.4. The van der Waals surface area contributed by atoms with Crippen LogP contribution in [-0.2, 0) is 26.2 Å². The molecule has 3 N–H and O–H groups in total. The number of nitrogens with two attached hydrogens (primary N) is 1. The molecule has 38 heavy (non-hydrogen) atoms. The Morgan fingerprint density at radius 3 is 2.47 bits per heavy atom. The lowest BCUT2D eigenvalue weighted by Gasteiger charge is -2.32. The minimum absolute atomic E-state index is 0.00492. The maximum absolute atomic E-state index is 13.9. The van der Waals surface area contributed by atoms with Gasteiger partial charge in [0.05, 0.1) is 16.7 Å². The molecule has 12 heteroatoms. The van der Waals surface area contributed by atoms with E-state index in [0.717, 1.165) is 32.1 Å². The minimum atomic E-state index is -3.95. The Kier molecular flexibility index (Phi) is 7.25. The lowest BCUT2D eigenvalue weighted by molar-refractivity contribution is -0.128. The highest BCUT2D eigenvalue weighted by Gasteiger charge is 2.36. The summed E-state index contributed by atoms with van der Waals surface area (Å²) in [5.41, 5.74) is 1.58. The first kappa shape index (κ1) is 25.6. The third-order valence-electron chi connectivity index (χ3n) is 6.69. The topological polar surface area (TPSA) is 153 Å². The second-order valence-electron chi connectivity index (χ2n) is 9.30. The van der Waals surface area contributed by atoms with Gasteiger partial charge < -0.3 is 9.73 Å². The van der Waals surface area contributed by atoms with Crippen molar-refractivity contribution in [1.82, 2.24) is 20.3 Å². The number of sulfonamides is 1. The smallest absolute Gasteiger partial charge is 0.251 e. The fraction of sp³-hybridized carbons (Fsp3) is 0.308. The molecule has 0 unspecified atom stereocenters. The summed E-state index contributed by atoms with van der Waals surface area (Å²) < 4.78 is 30.8. The predicted octanol–water partition coefficient (Wildman–Crippen LogP) is 2.90. The predicted molar refractivity (Wildman–Crippen MR) is 139 cm³/mol. The standard InChI is InChI=1S/C26H28N6O5S/c27-38(35,36)20-14-12-19(13-15-20)32(24(33)17-31-22-10-5-4-9-21(22)29-30-31)25(23-11-6-16-37-23)26(34)28-18-7-2-1-3-8-18/h4-6,9-16,18,25H,1-3,7-8,17H2,(H,28,34)(H2,27,35,36)/t25-/m0/s1. The lowest BCUT2D eigenvalue weighted by Crippen LogP contribution is -2.48. The van der Waals surface area contributed by atoms with Gasteiger partial charge in [-0.05, 0) is 61.4 Å². The van der Waals surface area contributed by atoms with Crippen molar-refractivity contribution in [2.75, 3.05) is 4.90 Å². The zero-order valence-electron chi connectivity index (χ0n) is 20.6. The van der Waals surface area contributed by atoms with Crippen molar-refractivity contribution in [1.29, 1.82) is 0 Å². The van der Waals surface area contributed by atoms with Crippen molar-refractivity contribution in [2.45, 2.75) is 55.6 Å². The van der Waals surface area contributed by atoms with Crippen LogP contribution in [0, 0.1) is 0 Å². The molecule has 2 aromatic carbocycles. The van der Waals surface area contributed by atoms with Crippen LogP contribution in [0.4, 0.5) is 5.69 Å². The van der Waals surface area contributed by atoms with Crippen LogP contribution in [-0.4, -0.2) is 41.3 Å². The van der Waals surface area contributed by atoms with Gasteiger partial charge in [-0.25, -0.2) is 18.2 Å². The van der Waals surface area contributed by atoms with Gasteiger partial charge in [-0.15, -0.1) is 5.10 Å². The Morgan fingerprint density at radius 2 is 1.79 bits per heavy atom. The number of para-hydroxylation sites is 1. The molecule has 2 heterocycles. The highest BCUT2D eigenvalue weighted by atomic mass is 32.2. The Balaban J connectivity index is 1.55. The van der Waals surface area contributed by atoms with Gasteiger partial charge in [0.2, 0.25) is 15.9 Å². The molecule has 0 saturated heterocycles. The van der Waals surface area contributed by atoms with E-state index in [9.17, 15) is 18.0 Å². The van der Waals surface area contributed by atoms with E-state index in [1.54, 1.807) is 24.3 Å². The third kappa shape index (κ3) is 5.46. The van der Waals surface area contributed by atoms with Crippen LogP contribution in [0.1, 0.15) is 43.9 Å². The quantitative estimate of drug-likeness (QED) is 0.351. The molecule has 0 bridgehead atoms. The molecule has 1 fully saturated rings. The van der Waals surface area contributed by atoms with Crippen LogP contribution in [0.15, 0.2) is 76.2 Å². The van der Waals surface area contributed by atoms with E-state index in [2.05, 4.69) is 15.6 Å². The number of amides is 2. The maximum atomic E-state index is 13.9. The van der Waals surface area contributed by atoms with E-state index in [1.807, 2.05) is 12.1 Å². The second-order valence-corrected chi connectivity index (χ2v) is 10.9. The Labute approximate surface area is 219 Å². The van der Waals surface area contributed by atoms with E-state index >= 15 is 0 Å². The largest absolute Gasteiger partial charge is 0.467 e. The van der Waals surface area contributed by atoms with Crippen molar-refractivity contribution in [3.63, 3.8) is 0 Å². The highest BCUT2D eigenvalue weighted by molar-refractivity contribution is 7.89. The van der Waals surface area contributed by atoms with Crippen LogP contribution in [0.2, 0.25) is 0 Å². The van der Waals surface area contributed by atoms with Crippen LogP contribution in [0.3, 0.4) is 0 Å². The normalized spacial score (nSPS) is 15.3. The highest BCUT2D eigenvalue weighted by Crippen LogP contribution is 2.31. The van der Waals surface area contributed by atoms with Gasteiger partial charge in [-0.2, -0.15) is 0 Å². The summed E-state index contributed by atoms with van der Waals surface area (Å²) in [7, 11) is -3.95. The molecule has 4 aromatic rings. The van der Waals surface area contributed by atoms with E-state index in [1.165, 1.54) is 40.1 Å². The molecule has 0 aliphatic heterocycles. The van der Waals surface area contributed by atoms with Crippen molar-refractivity contribution in [3.05, 3.63) is 72.7 Å². The average Bonchev–Trinajstić information content (AvgIpc) is 3.58. The fourth-order valence-electron chi connectivity index (χ4n) is 4.82. The van der Waals surface area contributed by atoms with Crippen LogP contribution >= 0.6 is 0 Å². The molecule has 0 radical (unpaired) electrons. The number of benzene rings is 2. The first-order valence-corrected chi connectivity index (χ1v) is 13.9. The summed E-state index contributed by atoms with van der Waals surface area (Å²) in [6, 6.07) is 14.9. The van der Waals surface area contributed by atoms with Crippen molar-refractivity contribution >= 4 is 38.6 Å². The maximum Gasteiger partial charge on any atom is 0.251 e. The van der Waals surface area contributed by atoms with Gasteiger partial charge in [-0.3, -0.25) is 14.5 Å². The number of primary sulfonamides is 1. The monoisotopic (exact) mass is 536 g/mol. The van der Waals surface area contributed by atoms with Crippen molar-refractivity contribution in [2.24, 2.45) is 5.14 Å². The summed E-state index contributed by atoms with van der Waals surface area (Å²) in [4.78, 5) is 28.9. The fourth-order valence-corrected chi connectivity index (χ4v) is 5.33. The number of hydrogen-bond donors (Lipinski definition) is 2. The molecule has 5 rings (SSSR count). The molecule has 1 saturated carbocycles. The van der Waals surface area contributed by atoms with Gasteiger partial charge in [-0.1, -0.05) is 36.6 Å². The zero-order valence-corrected chi connectivity index (χ0v) is 21.4. The number of furan rings is 1. The molecule has 11 nitrogen and oxygen atoms in total. The third-order valence-corrected chi connectivity index (χ3v) is 7.62. The van der Waals surface area contributed by atoms with E-state index in [-0.39, 0.29) is 29.1 Å². The van der Waals surface area contributed by atoms with Crippen LogP contribution < -0.4 is 15.4 Å². The SMILES string of the molecule is NS(=O)(=O)c1ccc(N(C(=O)Cn2nnc3ccccc32)[C@H](C(=O)NC2CCCCC2)c2ccco2)cc1. The number of aromatic nitrogens is 3. The van der Waals surface area contributed by atoms with E-state index in [4.69, 9.17) is 9.56 Å². The van der Waals surface area contributed by atoms with E-state index in [0.29, 0.717) is 16.7 Å². The van der Waals surface area contributed by atoms with Crippen molar-refractivity contribution < 1.29 is 22.4 Å². The summed E-state index contributed by atoms with van der Waals surface area (Å²) in [5, 5.41) is 16.6. The molecule has 2 aromatic heterocycles. The number of anilines is 1. The molecule has 2 amide bonds. The van der Waals surface area contributed by atoms with E-state index < -0.39 is 22.0 Å².